The van der Waals surface area contributed by atoms with Crippen molar-refractivity contribution in [2.24, 2.45) is 5.92 Å². The van der Waals surface area contributed by atoms with E-state index in [0.717, 1.165) is 43.0 Å². The largest absolute Gasteiger partial charge is 0.383 e. The monoisotopic (exact) mass is 291 g/mol. The van der Waals surface area contributed by atoms with Crippen LogP contribution < -0.4 is 0 Å². The van der Waals surface area contributed by atoms with Crippen LogP contribution in [0.25, 0.3) is 0 Å². The highest BCUT2D eigenvalue weighted by atomic mass is 16.5. The molecule has 2 rings (SSSR count). The van der Waals surface area contributed by atoms with Crippen LogP contribution in [0.1, 0.15) is 37.0 Å². The first-order valence-electron chi connectivity index (χ1n) is 7.72. The van der Waals surface area contributed by atoms with Gasteiger partial charge in [-0.25, -0.2) is 9.97 Å². The summed E-state index contributed by atoms with van der Waals surface area (Å²) in [5.74, 6) is 1.52. The Morgan fingerprint density at radius 3 is 2.95 bits per heavy atom. The fourth-order valence-corrected chi connectivity index (χ4v) is 2.84. The number of aryl methyl sites for hydroxylation is 2. The SMILES string of the molecule is CCCc1nc(C)cc(C[C@H]2CC(=O)N(CCOC)C2)n1. The highest BCUT2D eigenvalue weighted by molar-refractivity contribution is 5.78. The summed E-state index contributed by atoms with van der Waals surface area (Å²) in [5.41, 5.74) is 2.08. The molecule has 1 amide bonds. The number of carbonyl (C=O) groups is 1. The maximum Gasteiger partial charge on any atom is 0.223 e. The van der Waals surface area contributed by atoms with E-state index >= 15 is 0 Å². The van der Waals surface area contributed by atoms with E-state index in [9.17, 15) is 4.79 Å². The molecule has 0 radical (unpaired) electrons. The van der Waals surface area contributed by atoms with Crippen LogP contribution in [0.5, 0.6) is 0 Å². The fourth-order valence-electron chi connectivity index (χ4n) is 2.84. The normalized spacial score (nSPS) is 18.5. The van der Waals surface area contributed by atoms with Crippen molar-refractivity contribution in [3.8, 4) is 0 Å². The van der Waals surface area contributed by atoms with Gasteiger partial charge in [0.05, 0.1) is 6.61 Å². The average Bonchev–Trinajstić information content (AvgIpc) is 2.76. The number of ether oxygens (including phenoxy) is 1. The molecule has 1 saturated heterocycles. The summed E-state index contributed by atoms with van der Waals surface area (Å²) >= 11 is 0. The van der Waals surface area contributed by atoms with Gasteiger partial charge in [0.25, 0.3) is 0 Å². The Labute approximate surface area is 126 Å². The molecule has 1 aromatic rings. The summed E-state index contributed by atoms with van der Waals surface area (Å²) in [5, 5.41) is 0. The maximum atomic E-state index is 12.0. The maximum absolute atomic E-state index is 12.0. The van der Waals surface area contributed by atoms with Gasteiger partial charge in [0.1, 0.15) is 5.82 Å². The Balaban J connectivity index is 1.97. The number of rotatable bonds is 7. The molecule has 0 bridgehead atoms. The number of amides is 1. The first kappa shape index (κ1) is 15.9. The molecule has 1 aliphatic heterocycles. The number of nitrogens with zero attached hydrogens (tertiary/aromatic N) is 3. The number of hydrogen-bond donors (Lipinski definition) is 0. The zero-order chi connectivity index (χ0) is 15.2. The van der Waals surface area contributed by atoms with E-state index in [1.807, 2.05) is 17.9 Å². The van der Waals surface area contributed by atoms with Crippen LogP contribution in [0.15, 0.2) is 6.07 Å². The second kappa shape index (κ2) is 7.50. The lowest BCUT2D eigenvalue weighted by atomic mass is 10.0. The highest BCUT2D eigenvalue weighted by Crippen LogP contribution is 2.21. The van der Waals surface area contributed by atoms with Gasteiger partial charge in [0, 0.05) is 44.4 Å². The van der Waals surface area contributed by atoms with Crippen LogP contribution in [0.2, 0.25) is 0 Å². The molecule has 1 fully saturated rings. The van der Waals surface area contributed by atoms with Crippen molar-refractivity contribution in [1.82, 2.24) is 14.9 Å². The van der Waals surface area contributed by atoms with Crippen molar-refractivity contribution >= 4 is 5.91 Å². The van der Waals surface area contributed by atoms with Crippen molar-refractivity contribution < 1.29 is 9.53 Å². The molecule has 5 nitrogen and oxygen atoms in total. The smallest absolute Gasteiger partial charge is 0.223 e. The lowest BCUT2D eigenvalue weighted by Crippen LogP contribution is -2.29. The van der Waals surface area contributed by atoms with Crippen molar-refractivity contribution in [3.05, 3.63) is 23.3 Å². The Morgan fingerprint density at radius 2 is 2.24 bits per heavy atom. The van der Waals surface area contributed by atoms with E-state index in [4.69, 9.17) is 4.74 Å². The summed E-state index contributed by atoms with van der Waals surface area (Å²) in [7, 11) is 1.66. The Kier molecular flexibility index (Phi) is 5.67. The average molecular weight is 291 g/mol. The van der Waals surface area contributed by atoms with Gasteiger partial charge in [0.2, 0.25) is 5.91 Å². The molecule has 0 unspecified atom stereocenters. The molecule has 0 N–H and O–H groups in total. The quantitative estimate of drug-likeness (QED) is 0.768. The van der Waals surface area contributed by atoms with Gasteiger partial charge in [0.15, 0.2) is 0 Å². The molecule has 116 valence electrons. The Hall–Kier alpha value is -1.49. The minimum Gasteiger partial charge on any atom is -0.383 e. The van der Waals surface area contributed by atoms with Gasteiger partial charge < -0.3 is 9.64 Å². The van der Waals surface area contributed by atoms with Crippen LogP contribution in [0, 0.1) is 12.8 Å². The molecule has 0 spiro atoms. The third kappa shape index (κ3) is 4.49. The molecule has 1 aromatic heterocycles. The predicted octanol–water partition coefficient (Wildman–Crippen LogP) is 1.77. The van der Waals surface area contributed by atoms with Crippen LogP contribution in [0.3, 0.4) is 0 Å². The third-order valence-corrected chi connectivity index (χ3v) is 3.78. The lowest BCUT2D eigenvalue weighted by molar-refractivity contribution is -0.128. The predicted molar refractivity (Wildman–Crippen MR) is 81.0 cm³/mol. The molecule has 1 aliphatic rings. The van der Waals surface area contributed by atoms with E-state index in [1.165, 1.54) is 0 Å². The Bertz CT molecular complexity index is 490. The number of methoxy groups -OCH3 is 1. The molecular weight excluding hydrogens is 266 g/mol. The molecule has 5 heteroatoms. The van der Waals surface area contributed by atoms with Gasteiger partial charge in [-0.15, -0.1) is 0 Å². The number of likely N-dealkylation sites (tertiary alicyclic amines) is 1. The second-order valence-electron chi connectivity index (χ2n) is 5.77. The highest BCUT2D eigenvalue weighted by Gasteiger charge is 2.29. The summed E-state index contributed by atoms with van der Waals surface area (Å²) in [6.45, 7) is 6.25. The second-order valence-corrected chi connectivity index (χ2v) is 5.77. The summed E-state index contributed by atoms with van der Waals surface area (Å²) in [6.07, 6.45) is 3.44. The standard InChI is InChI=1S/C16H25N3O2/c1-4-5-15-17-12(2)8-14(18-15)9-13-10-16(20)19(11-13)6-7-21-3/h8,13H,4-7,9-11H2,1-3H3/t13-/m0/s1. The van der Waals surface area contributed by atoms with Gasteiger partial charge in [-0.2, -0.15) is 0 Å². The van der Waals surface area contributed by atoms with Crippen molar-refractivity contribution in [3.63, 3.8) is 0 Å². The summed E-state index contributed by atoms with van der Waals surface area (Å²) in [4.78, 5) is 22.9. The molecule has 0 aromatic carbocycles. The minimum atomic E-state index is 0.233. The van der Waals surface area contributed by atoms with Gasteiger partial charge in [-0.05, 0) is 31.7 Å². The topological polar surface area (TPSA) is 55.3 Å². The molecule has 1 atom stereocenters. The Morgan fingerprint density at radius 1 is 1.43 bits per heavy atom. The molecule has 2 heterocycles. The van der Waals surface area contributed by atoms with Gasteiger partial charge >= 0.3 is 0 Å². The van der Waals surface area contributed by atoms with E-state index < -0.39 is 0 Å². The van der Waals surface area contributed by atoms with Crippen molar-refractivity contribution in [2.75, 3.05) is 26.8 Å². The summed E-state index contributed by atoms with van der Waals surface area (Å²) in [6, 6.07) is 2.04. The van der Waals surface area contributed by atoms with E-state index in [2.05, 4.69) is 16.9 Å². The zero-order valence-corrected chi connectivity index (χ0v) is 13.3. The van der Waals surface area contributed by atoms with E-state index in [0.29, 0.717) is 25.5 Å². The van der Waals surface area contributed by atoms with Crippen LogP contribution in [-0.2, 0) is 22.4 Å². The fraction of sp³-hybridized carbons (Fsp3) is 0.688. The number of carbonyl (C=O) groups excluding carboxylic acids is 1. The van der Waals surface area contributed by atoms with E-state index in [1.54, 1.807) is 7.11 Å². The summed E-state index contributed by atoms with van der Waals surface area (Å²) < 4.78 is 5.05. The molecular formula is C16H25N3O2. The number of hydrogen-bond acceptors (Lipinski definition) is 4. The van der Waals surface area contributed by atoms with Gasteiger partial charge in [-0.1, -0.05) is 6.92 Å². The minimum absolute atomic E-state index is 0.233. The van der Waals surface area contributed by atoms with Crippen molar-refractivity contribution in [1.29, 1.82) is 0 Å². The lowest BCUT2D eigenvalue weighted by Gasteiger charge is -2.16. The molecule has 0 aliphatic carbocycles. The van der Waals surface area contributed by atoms with Crippen LogP contribution >= 0.6 is 0 Å². The first-order valence-corrected chi connectivity index (χ1v) is 7.72. The van der Waals surface area contributed by atoms with Gasteiger partial charge in [-0.3, -0.25) is 4.79 Å². The third-order valence-electron chi connectivity index (χ3n) is 3.78. The van der Waals surface area contributed by atoms with Crippen LogP contribution in [0.4, 0.5) is 0 Å². The zero-order valence-electron chi connectivity index (χ0n) is 13.3. The number of aromatic nitrogens is 2. The van der Waals surface area contributed by atoms with Crippen LogP contribution in [-0.4, -0.2) is 47.6 Å². The van der Waals surface area contributed by atoms with E-state index in [-0.39, 0.29) is 5.91 Å². The molecule has 0 saturated carbocycles. The van der Waals surface area contributed by atoms with Crippen molar-refractivity contribution in [2.45, 2.75) is 39.5 Å². The first-order chi connectivity index (χ1) is 10.1. The molecule has 21 heavy (non-hydrogen) atoms.